The molecule has 0 aliphatic rings. The fourth-order valence-corrected chi connectivity index (χ4v) is 4.26. The third kappa shape index (κ3) is 6.50. The molecule has 0 atom stereocenters. The summed E-state index contributed by atoms with van der Waals surface area (Å²) in [4.78, 5) is 17.3. The van der Waals surface area contributed by atoms with Crippen molar-refractivity contribution in [3.63, 3.8) is 0 Å². The van der Waals surface area contributed by atoms with Crippen molar-refractivity contribution < 1.29 is 9.53 Å². The normalized spacial score (nSPS) is 11.2. The zero-order valence-corrected chi connectivity index (χ0v) is 21.0. The molecular formula is C30H35N3O2. The van der Waals surface area contributed by atoms with Gasteiger partial charge in [-0.25, -0.2) is 4.98 Å². The number of hydrogen-bond acceptors (Lipinski definition) is 3. The number of nitrogens with zero attached hydrogens (tertiary/aromatic N) is 2. The summed E-state index contributed by atoms with van der Waals surface area (Å²) in [6, 6.07) is 24.3. The maximum Gasteiger partial charge on any atom is 0.251 e. The van der Waals surface area contributed by atoms with Crippen molar-refractivity contribution in [1.82, 2.24) is 14.9 Å². The van der Waals surface area contributed by atoms with Crippen LogP contribution in [0, 0.1) is 6.92 Å². The fourth-order valence-electron chi connectivity index (χ4n) is 4.26. The van der Waals surface area contributed by atoms with E-state index in [9.17, 15) is 4.79 Å². The Bertz CT molecular complexity index is 1260. The molecule has 4 aromatic rings. The standard InChI is InChI=1S/C30H35N3O2/c1-22(2)24-14-16-26(17-15-24)35-20-8-19-33-28-12-5-4-11-27(28)32-29(33)13-7-18-31-30(34)25-10-6-9-23(3)21-25/h4-6,9-12,14-17,21-22H,7-8,13,18-20H2,1-3H3,(H,31,34). The number of ether oxygens (including phenoxy) is 1. The first kappa shape index (κ1) is 24.5. The van der Waals surface area contributed by atoms with Crippen LogP contribution in [0.15, 0.2) is 72.8 Å². The molecule has 0 spiro atoms. The number of fused-ring (bicyclic) bond motifs is 1. The molecule has 0 aliphatic carbocycles. The zero-order chi connectivity index (χ0) is 24.6. The van der Waals surface area contributed by atoms with Crippen LogP contribution < -0.4 is 10.1 Å². The van der Waals surface area contributed by atoms with E-state index in [1.165, 1.54) is 5.56 Å². The number of imidazole rings is 1. The quantitative estimate of drug-likeness (QED) is 0.262. The van der Waals surface area contributed by atoms with E-state index in [0.717, 1.165) is 54.0 Å². The molecule has 1 amide bonds. The Hall–Kier alpha value is -3.60. The van der Waals surface area contributed by atoms with E-state index in [0.29, 0.717) is 24.6 Å². The lowest BCUT2D eigenvalue weighted by Crippen LogP contribution is -2.25. The van der Waals surface area contributed by atoms with E-state index in [2.05, 4.69) is 66.2 Å². The number of benzene rings is 3. The van der Waals surface area contributed by atoms with Gasteiger partial charge in [-0.05, 0) is 67.6 Å². The van der Waals surface area contributed by atoms with E-state index in [1.807, 2.05) is 37.3 Å². The third-order valence-electron chi connectivity index (χ3n) is 6.22. The summed E-state index contributed by atoms with van der Waals surface area (Å²) in [7, 11) is 0. The highest BCUT2D eigenvalue weighted by Gasteiger charge is 2.11. The van der Waals surface area contributed by atoms with Gasteiger partial charge in [0.05, 0.1) is 17.6 Å². The first-order valence-corrected chi connectivity index (χ1v) is 12.5. The summed E-state index contributed by atoms with van der Waals surface area (Å²) in [5.41, 5.74) is 5.27. The Morgan fingerprint density at radius 1 is 1.00 bits per heavy atom. The monoisotopic (exact) mass is 469 g/mol. The number of carbonyl (C=O) groups excluding carboxylic acids is 1. The van der Waals surface area contributed by atoms with Crippen molar-refractivity contribution >= 4 is 16.9 Å². The van der Waals surface area contributed by atoms with Crippen molar-refractivity contribution in [2.75, 3.05) is 13.2 Å². The maximum absolute atomic E-state index is 12.4. The number of para-hydroxylation sites is 2. The van der Waals surface area contributed by atoms with E-state index < -0.39 is 0 Å². The molecule has 5 nitrogen and oxygen atoms in total. The molecule has 1 aromatic heterocycles. The van der Waals surface area contributed by atoms with Crippen LogP contribution in [0.25, 0.3) is 11.0 Å². The number of nitrogens with one attached hydrogen (secondary N) is 1. The number of hydrogen-bond donors (Lipinski definition) is 1. The SMILES string of the molecule is Cc1cccc(C(=O)NCCCc2nc3ccccc3n2CCCOc2ccc(C(C)C)cc2)c1. The van der Waals surface area contributed by atoms with E-state index >= 15 is 0 Å². The summed E-state index contributed by atoms with van der Waals surface area (Å²) >= 11 is 0. The maximum atomic E-state index is 12.4. The molecule has 1 N–H and O–H groups in total. The molecule has 0 bridgehead atoms. The molecule has 3 aromatic carbocycles. The second-order valence-electron chi connectivity index (χ2n) is 9.32. The number of carbonyl (C=O) groups is 1. The largest absolute Gasteiger partial charge is 0.494 e. The molecule has 0 fully saturated rings. The van der Waals surface area contributed by atoms with Crippen LogP contribution in [0.3, 0.4) is 0 Å². The van der Waals surface area contributed by atoms with Crippen molar-refractivity contribution in [2.24, 2.45) is 0 Å². The highest BCUT2D eigenvalue weighted by atomic mass is 16.5. The van der Waals surface area contributed by atoms with Crippen molar-refractivity contribution in [1.29, 1.82) is 0 Å². The van der Waals surface area contributed by atoms with Gasteiger partial charge in [0, 0.05) is 25.1 Å². The third-order valence-corrected chi connectivity index (χ3v) is 6.22. The predicted octanol–water partition coefficient (Wildman–Crippen LogP) is 6.30. The molecule has 0 unspecified atom stereocenters. The van der Waals surface area contributed by atoms with Gasteiger partial charge in [-0.2, -0.15) is 0 Å². The van der Waals surface area contributed by atoms with Gasteiger partial charge in [0.25, 0.3) is 5.91 Å². The lowest BCUT2D eigenvalue weighted by Gasteiger charge is -2.12. The molecule has 35 heavy (non-hydrogen) atoms. The van der Waals surface area contributed by atoms with E-state index in [1.54, 1.807) is 0 Å². The van der Waals surface area contributed by atoms with Gasteiger partial charge in [0.15, 0.2) is 0 Å². The van der Waals surface area contributed by atoms with Gasteiger partial charge in [-0.15, -0.1) is 0 Å². The summed E-state index contributed by atoms with van der Waals surface area (Å²) in [6.07, 6.45) is 2.53. The number of amides is 1. The fraction of sp³-hybridized carbons (Fsp3) is 0.333. The van der Waals surface area contributed by atoms with E-state index in [4.69, 9.17) is 9.72 Å². The molecule has 0 aliphatic heterocycles. The number of aromatic nitrogens is 2. The Kier molecular flexibility index (Phi) is 8.19. The van der Waals surface area contributed by atoms with Crippen LogP contribution >= 0.6 is 0 Å². The second kappa shape index (κ2) is 11.7. The molecule has 0 radical (unpaired) electrons. The highest BCUT2D eigenvalue weighted by Crippen LogP contribution is 2.20. The van der Waals surface area contributed by atoms with Crippen molar-refractivity contribution in [3.05, 3.63) is 95.3 Å². The lowest BCUT2D eigenvalue weighted by molar-refractivity contribution is 0.0953. The minimum atomic E-state index is -0.0271. The average molecular weight is 470 g/mol. The average Bonchev–Trinajstić information content (AvgIpc) is 3.22. The number of aryl methyl sites for hydroxylation is 3. The van der Waals surface area contributed by atoms with Gasteiger partial charge < -0.3 is 14.6 Å². The van der Waals surface area contributed by atoms with Crippen molar-refractivity contribution in [2.45, 2.75) is 52.5 Å². The summed E-state index contributed by atoms with van der Waals surface area (Å²) in [6.45, 7) is 8.50. The minimum absolute atomic E-state index is 0.0271. The minimum Gasteiger partial charge on any atom is -0.494 e. The molecule has 0 saturated carbocycles. The Morgan fingerprint density at radius 2 is 1.80 bits per heavy atom. The van der Waals surface area contributed by atoms with Crippen LogP contribution in [0.1, 0.15) is 59.9 Å². The summed E-state index contributed by atoms with van der Waals surface area (Å²) < 4.78 is 8.28. The Morgan fingerprint density at radius 3 is 2.57 bits per heavy atom. The highest BCUT2D eigenvalue weighted by molar-refractivity contribution is 5.94. The topological polar surface area (TPSA) is 56.2 Å². The van der Waals surface area contributed by atoms with Crippen LogP contribution in [0.2, 0.25) is 0 Å². The predicted molar refractivity (Wildman–Crippen MR) is 142 cm³/mol. The number of rotatable bonds is 11. The van der Waals surface area contributed by atoms with Crippen LogP contribution in [0.4, 0.5) is 0 Å². The van der Waals surface area contributed by atoms with E-state index in [-0.39, 0.29) is 5.91 Å². The summed E-state index contributed by atoms with van der Waals surface area (Å²) in [5.74, 6) is 2.46. The zero-order valence-electron chi connectivity index (χ0n) is 21.0. The second-order valence-corrected chi connectivity index (χ2v) is 9.32. The van der Waals surface area contributed by atoms with Gasteiger partial charge in [0.1, 0.15) is 11.6 Å². The molecule has 0 saturated heterocycles. The van der Waals surface area contributed by atoms with Crippen LogP contribution in [-0.4, -0.2) is 28.6 Å². The van der Waals surface area contributed by atoms with Gasteiger partial charge in [-0.1, -0.05) is 55.8 Å². The van der Waals surface area contributed by atoms with Crippen LogP contribution in [0.5, 0.6) is 5.75 Å². The van der Waals surface area contributed by atoms with Gasteiger partial charge in [-0.3, -0.25) is 4.79 Å². The molecule has 1 heterocycles. The Labute approximate surface area is 208 Å². The first-order chi connectivity index (χ1) is 17.0. The first-order valence-electron chi connectivity index (χ1n) is 12.5. The molecule has 5 heteroatoms. The van der Waals surface area contributed by atoms with Gasteiger partial charge in [0.2, 0.25) is 0 Å². The Balaban J connectivity index is 1.31. The molecule has 182 valence electrons. The van der Waals surface area contributed by atoms with Gasteiger partial charge >= 0.3 is 0 Å². The summed E-state index contributed by atoms with van der Waals surface area (Å²) in [5, 5.41) is 3.03. The molecule has 4 rings (SSSR count). The lowest BCUT2D eigenvalue weighted by atomic mass is 10.0. The van der Waals surface area contributed by atoms with Crippen molar-refractivity contribution in [3.8, 4) is 5.75 Å². The smallest absolute Gasteiger partial charge is 0.251 e. The van der Waals surface area contributed by atoms with Crippen LogP contribution in [-0.2, 0) is 13.0 Å². The molecular weight excluding hydrogens is 434 g/mol.